The van der Waals surface area contributed by atoms with Crippen molar-refractivity contribution in [3.63, 3.8) is 0 Å². The molecule has 122 valence electrons. The minimum atomic E-state index is -3.48. The van der Waals surface area contributed by atoms with Gasteiger partial charge in [-0.1, -0.05) is 12.8 Å². The fourth-order valence-electron chi connectivity index (χ4n) is 2.70. The Bertz CT molecular complexity index is 483. The summed E-state index contributed by atoms with van der Waals surface area (Å²) < 4.78 is 29.1. The average molecular weight is 321 g/mol. The van der Waals surface area contributed by atoms with Crippen molar-refractivity contribution in [1.29, 1.82) is 0 Å². The number of carboxylic acid groups (broad SMARTS) is 1. The molecule has 0 aliphatic heterocycles. The van der Waals surface area contributed by atoms with Gasteiger partial charge in [0, 0.05) is 7.11 Å². The van der Waals surface area contributed by atoms with Gasteiger partial charge in [-0.15, -0.1) is 0 Å². The molecule has 0 spiro atoms. The van der Waals surface area contributed by atoms with E-state index < -0.39 is 38.3 Å². The summed E-state index contributed by atoms with van der Waals surface area (Å²) in [5.74, 6) is -2.37. The number of hydrogen-bond donors (Lipinski definition) is 2. The standard InChI is InChI=1S/C13H23NO6S/c1-13(9-20-2,7-12(16)17)14-11(15)8-21(18,19)10-5-3-4-6-10/h10H,3-9H2,1-2H3,(H,14,15)(H,16,17). The van der Waals surface area contributed by atoms with E-state index in [4.69, 9.17) is 9.84 Å². The van der Waals surface area contributed by atoms with E-state index in [-0.39, 0.29) is 13.0 Å². The quantitative estimate of drug-likeness (QED) is 0.667. The van der Waals surface area contributed by atoms with E-state index in [1.807, 2.05) is 0 Å². The molecule has 0 aromatic carbocycles. The molecule has 7 nitrogen and oxygen atoms in total. The highest BCUT2D eigenvalue weighted by atomic mass is 32.2. The molecule has 1 unspecified atom stereocenters. The normalized spacial score (nSPS) is 19.1. The van der Waals surface area contributed by atoms with Crippen molar-refractivity contribution in [1.82, 2.24) is 5.32 Å². The fourth-order valence-corrected chi connectivity index (χ4v) is 4.43. The van der Waals surface area contributed by atoms with Crippen molar-refractivity contribution >= 4 is 21.7 Å². The van der Waals surface area contributed by atoms with Gasteiger partial charge in [-0.05, 0) is 19.8 Å². The molecule has 1 amide bonds. The van der Waals surface area contributed by atoms with E-state index >= 15 is 0 Å². The van der Waals surface area contributed by atoms with Crippen molar-refractivity contribution in [3.8, 4) is 0 Å². The van der Waals surface area contributed by atoms with Crippen LogP contribution < -0.4 is 5.32 Å². The van der Waals surface area contributed by atoms with Gasteiger partial charge < -0.3 is 15.2 Å². The molecule has 0 bridgehead atoms. The maximum Gasteiger partial charge on any atom is 0.305 e. The van der Waals surface area contributed by atoms with Gasteiger partial charge in [0.05, 0.1) is 23.8 Å². The monoisotopic (exact) mass is 321 g/mol. The lowest BCUT2D eigenvalue weighted by Crippen LogP contribution is -2.52. The van der Waals surface area contributed by atoms with E-state index in [0.29, 0.717) is 12.8 Å². The number of carboxylic acids is 1. The Morgan fingerprint density at radius 1 is 1.33 bits per heavy atom. The molecule has 8 heteroatoms. The Morgan fingerprint density at radius 2 is 1.90 bits per heavy atom. The third-order valence-electron chi connectivity index (χ3n) is 3.59. The molecule has 1 fully saturated rings. The molecule has 2 N–H and O–H groups in total. The van der Waals surface area contributed by atoms with Crippen LogP contribution in [0.4, 0.5) is 0 Å². The first-order chi connectivity index (χ1) is 9.68. The lowest BCUT2D eigenvalue weighted by molar-refractivity contribution is -0.139. The van der Waals surface area contributed by atoms with Gasteiger partial charge in [-0.2, -0.15) is 0 Å². The maximum absolute atomic E-state index is 12.1. The minimum Gasteiger partial charge on any atom is -0.481 e. The second kappa shape index (κ2) is 7.22. The highest BCUT2D eigenvalue weighted by molar-refractivity contribution is 7.92. The summed E-state index contributed by atoms with van der Waals surface area (Å²) in [6, 6.07) is 0. The van der Waals surface area contributed by atoms with Crippen LogP contribution >= 0.6 is 0 Å². The van der Waals surface area contributed by atoms with Crippen LogP contribution in [0, 0.1) is 0 Å². The smallest absolute Gasteiger partial charge is 0.305 e. The zero-order valence-electron chi connectivity index (χ0n) is 12.4. The highest BCUT2D eigenvalue weighted by Crippen LogP contribution is 2.25. The van der Waals surface area contributed by atoms with Crippen molar-refractivity contribution in [3.05, 3.63) is 0 Å². The summed E-state index contributed by atoms with van der Waals surface area (Å²) in [5, 5.41) is 10.9. The van der Waals surface area contributed by atoms with Crippen molar-refractivity contribution in [2.45, 2.75) is 49.8 Å². The summed E-state index contributed by atoms with van der Waals surface area (Å²) in [6.45, 7) is 1.51. The minimum absolute atomic E-state index is 0.00544. The van der Waals surface area contributed by atoms with Gasteiger partial charge in [-0.25, -0.2) is 8.42 Å². The van der Waals surface area contributed by atoms with Gasteiger partial charge >= 0.3 is 5.97 Å². The van der Waals surface area contributed by atoms with Gasteiger partial charge in [0.15, 0.2) is 9.84 Å². The van der Waals surface area contributed by atoms with E-state index in [1.54, 1.807) is 0 Å². The highest BCUT2D eigenvalue weighted by Gasteiger charge is 2.34. The van der Waals surface area contributed by atoms with Crippen LogP contribution in [0.2, 0.25) is 0 Å². The molecule has 1 rings (SSSR count). The number of methoxy groups -OCH3 is 1. The molecule has 0 radical (unpaired) electrons. The predicted octanol–water partition coefficient (Wildman–Crippen LogP) is 0.340. The van der Waals surface area contributed by atoms with Gasteiger partial charge in [0.1, 0.15) is 5.75 Å². The van der Waals surface area contributed by atoms with Crippen LogP contribution in [-0.2, 0) is 24.2 Å². The van der Waals surface area contributed by atoms with E-state index in [9.17, 15) is 18.0 Å². The van der Waals surface area contributed by atoms with Crippen LogP contribution in [-0.4, -0.2) is 55.7 Å². The van der Waals surface area contributed by atoms with Crippen LogP contribution in [0.3, 0.4) is 0 Å². The van der Waals surface area contributed by atoms with Gasteiger partial charge in [-0.3, -0.25) is 9.59 Å². The first-order valence-corrected chi connectivity index (χ1v) is 8.63. The average Bonchev–Trinajstić information content (AvgIpc) is 2.79. The third-order valence-corrected chi connectivity index (χ3v) is 5.74. The Morgan fingerprint density at radius 3 is 2.38 bits per heavy atom. The third kappa shape index (κ3) is 5.62. The molecular weight excluding hydrogens is 298 g/mol. The number of amides is 1. The van der Waals surface area contributed by atoms with Crippen molar-refractivity contribution in [2.75, 3.05) is 19.5 Å². The lowest BCUT2D eigenvalue weighted by Gasteiger charge is -2.28. The SMILES string of the molecule is COCC(C)(CC(=O)O)NC(=O)CS(=O)(=O)C1CCCC1. The summed E-state index contributed by atoms with van der Waals surface area (Å²) >= 11 is 0. The molecule has 1 aliphatic carbocycles. The maximum atomic E-state index is 12.1. The second-order valence-corrected chi connectivity index (χ2v) is 8.11. The van der Waals surface area contributed by atoms with Crippen LogP contribution in [0.1, 0.15) is 39.0 Å². The predicted molar refractivity (Wildman–Crippen MR) is 76.7 cm³/mol. The van der Waals surface area contributed by atoms with Crippen LogP contribution in [0.25, 0.3) is 0 Å². The zero-order valence-corrected chi connectivity index (χ0v) is 13.2. The largest absolute Gasteiger partial charge is 0.481 e. The second-order valence-electron chi connectivity index (χ2n) is 5.83. The molecule has 0 aromatic rings. The molecule has 1 atom stereocenters. The molecular formula is C13H23NO6S. The first kappa shape index (κ1) is 17.9. The van der Waals surface area contributed by atoms with Crippen LogP contribution in [0.15, 0.2) is 0 Å². The Labute approximate surface area is 125 Å². The number of carbonyl (C=O) groups is 2. The van der Waals surface area contributed by atoms with Gasteiger partial charge in [0.25, 0.3) is 0 Å². The summed E-state index contributed by atoms with van der Waals surface area (Å²) in [5.41, 5.74) is -1.12. The Kier molecular flexibility index (Phi) is 6.15. The first-order valence-electron chi connectivity index (χ1n) is 6.92. The number of sulfone groups is 1. The molecule has 21 heavy (non-hydrogen) atoms. The Balaban J connectivity index is 2.67. The summed E-state index contributed by atoms with van der Waals surface area (Å²) in [4.78, 5) is 22.8. The molecule has 1 saturated carbocycles. The Hall–Kier alpha value is -1.15. The van der Waals surface area contributed by atoms with Crippen LogP contribution in [0.5, 0.6) is 0 Å². The zero-order chi connectivity index (χ0) is 16.1. The van der Waals surface area contributed by atoms with E-state index in [1.165, 1.54) is 14.0 Å². The molecule has 0 saturated heterocycles. The van der Waals surface area contributed by atoms with Gasteiger partial charge in [0.2, 0.25) is 5.91 Å². The number of aliphatic carboxylic acids is 1. The lowest BCUT2D eigenvalue weighted by atomic mass is 9.99. The number of ether oxygens (including phenoxy) is 1. The van der Waals surface area contributed by atoms with E-state index in [2.05, 4.69) is 5.32 Å². The van der Waals surface area contributed by atoms with E-state index in [0.717, 1.165) is 12.8 Å². The molecule has 0 aromatic heterocycles. The number of carbonyl (C=O) groups excluding carboxylic acids is 1. The fraction of sp³-hybridized carbons (Fsp3) is 0.846. The summed E-state index contributed by atoms with van der Waals surface area (Å²) in [6.07, 6.45) is 2.59. The number of rotatable bonds is 8. The number of hydrogen-bond acceptors (Lipinski definition) is 5. The summed E-state index contributed by atoms with van der Waals surface area (Å²) in [7, 11) is -2.08. The topological polar surface area (TPSA) is 110 Å². The molecule has 0 heterocycles. The van der Waals surface area contributed by atoms with Crippen molar-refractivity contribution < 1.29 is 27.9 Å². The molecule has 1 aliphatic rings. The number of nitrogens with one attached hydrogen (secondary N) is 1. The van der Waals surface area contributed by atoms with Crippen molar-refractivity contribution in [2.24, 2.45) is 0 Å².